The molecule has 1 aromatic carbocycles. The largest absolute Gasteiger partial charge is 0.376 e. The number of fused-ring (bicyclic) bond motifs is 1. The van der Waals surface area contributed by atoms with Gasteiger partial charge in [0.05, 0.1) is 17.7 Å². The van der Waals surface area contributed by atoms with E-state index in [0.29, 0.717) is 12.5 Å². The van der Waals surface area contributed by atoms with Gasteiger partial charge in [-0.25, -0.2) is 0 Å². The van der Waals surface area contributed by atoms with Crippen LogP contribution in [0.5, 0.6) is 0 Å². The summed E-state index contributed by atoms with van der Waals surface area (Å²) in [6, 6.07) is 10.2. The number of pyridine rings is 1. The van der Waals surface area contributed by atoms with E-state index in [1.165, 1.54) is 18.4 Å². The van der Waals surface area contributed by atoms with Gasteiger partial charge in [-0.15, -0.1) is 0 Å². The average molecular weight is 271 g/mol. The van der Waals surface area contributed by atoms with Gasteiger partial charge in [-0.1, -0.05) is 18.2 Å². The molecule has 1 heterocycles. The maximum Gasteiger partial charge on any atom is 0.0810 e. The number of ether oxygens (including phenoxy) is 1. The zero-order valence-electron chi connectivity index (χ0n) is 11.8. The van der Waals surface area contributed by atoms with Crippen molar-refractivity contribution >= 4 is 10.9 Å². The summed E-state index contributed by atoms with van der Waals surface area (Å²) < 4.78 is 5.96. The molecule has 1 aliphatic carbocycles. The molecule has 4 nitrogen and oxygen atoms in total. The van der Waals surface area contributed by atoms with Crippen LogP contribution in [0, 0.1) is 5.92 Å². The monoisotopic (exact) mass is 271 g/mol. The minimum atomic E-state index is 0.00958. The van der Waals surface area contributed by atoms with E-state index in [1.54, 1.807) is 0 Å². The lowest BCUT2D eigenvalue weighted by atomic mass is 9.95. The highest BCUT2D eigenvalue weighted by atomic mass is 16.5. The Morgan fingerprint density at radius 1 is 1.35 bits per heavy atom. The number of nitrogens with zero attached hydrogens (tertiary/aromatic N) is 1. The zero-order chi connectivity index (χ0) is 13.9. The number of benzene rings is 1. The SMILES string of the molecule is CCOC(C1CC1)C(NN)c1cccc2ncccc12. The Bertz CT molecular complexity index is 577. The van der Waals surface area contributed by atoms with Gasteiger partial charge in [0.1, 0.15) is 0 Å². The standard InChI is InChI=1S/C16H21N3O/c1-2-20-16(11-8-9-11)15(19-17)13-5-3-7-14-12(13)6-4-10-18-14/h3-7,10-11,15-16,19H,2,8-9,17H2,1H3. The van der Waals surface area contributed by atoms with Crippen LogP contribution in [-0.2, 0) is 4.74 Å². The normalized spacial score (nSPS) is 18.1. The van der Waals surface area contributed by atoms with Crippen molar-refractivity contribution in [3.05, 3.63) is 42.1 Å². The van der Waals surface area contributed by atoms with Crippen molar-refractivity contribution in [2.45, 2.75) is 31.9 Å². The molecule has 1 saturated carbocycles. The van der Waals surface area contributed by atoms with E-state index >= 15 is 0 Å². The highest BCUT2D eigenvalue weighted by molar-refractivity contribution is 5.82. The molecule has 20 heavy (non-hydrogen) atoms. The number of hydrazine groups is 1. The molecule has 1 fully saturated rings. The third-order valence-electron chi connectivity index (χ3n) is 3.97. The van der Waals surface area contributed by atoms with Crippen LogP contribution in [0.2, 0.25) is 0 Å². The minimum Gasteiger partial charge on any atom is -0.376 e. The smallest absolute Gasteiger partial charge is 0.0810 e. The Balaban J connectivity index is 2.01. The quantitative estimate of drug-likeness (QED) is 0.626. The molecule has 0 saturated heterocycles. The number of hydrogen-bond donors (Lipinski definition) is 2. The number of aromatic nitrogens is 1. The fraction of sp³-hybridized carbons (Fsp3) is 0.438. The summed E-state index contributed by atoms with van der Waals surface area (Å²) in [5, 5.41) is 1.14. The van der Waals surface area contributed by atoms with Crippen LogP contribution < -0.4 is 11.3 Å². The van der Waals surface area contributed by atoms with Crippen LogP contribution in [0.15, 0.2) is 36.5 Å². The van der Waals surface area contributed by atoms with E-state index in [2.05, 4.69) is 22.5 Å². The highest BCUT2D eigenvalue weighted by Gasteiger charge is 2.38. The highest BCUT2D eigenvalue weighted by Crippen LogP contribution is 2.40. The second-order valence-corrected chi connectivity index (χ2v) is 5.32. The molecule has 106 valence electrons. The van der Waals surface area contributed by atoms with E-state index in [9.17, 15) is 0 Å². The minimum absolute atomic E-state index is 0.00958. The average Bonchev–Trinajstić information content (AvgIpc) is 3.32. The van der Waals surface area contributed by atoms with Crippen molar-refractivity contribution in [2.75, 3.05) is 6.61 Å². The second-order valence-electron chi connectivity index (χ2n) is 5.32. The predicted octanol–water partition coefficient (Wildman–Crippen LogP) is 2.55. The molecule has 0 spiro atoms. The van der Waals surface area contributed by atoms with Crippen LogP contribution in [0.25, 0.3) is 10.9 Å². The van der Waals surface area contributed by atoms with E-state index in [4.69, 9.17) is 10.6 Å². The number of rotatable bonds is 6. The van der Waals surface area contributed by atoms with Crippen LogP contribution in [0.3, 0.4) is 0 Å². The molecule has 0 radical (unpaired) electrons. The number of nitrogens with one attached hydrogen (secondary N) is 1. The summed E-state index contributed by atoms with van der Waals surface area (Å²) in [6.45, 7) is 2.75. The summed E-state index contributed by atoms with van der Waals surface area (Å²) >= 11 is 0. The van der Waals surface area contributed by atoms with Crippen molar-refractivity contribution in [1.82, 2.24) is 10.4 Å². The van der Waals surface area contributed by atoms with Gasteiger partial charge < -0.3 is 4.74 Å². The Labute approximate surface area is 119 Å². The molecule has 2 aromatic rings. The Morgan fingerprint density at radius 2 is 2.20 bits per heavy atom. The van der Waals surface area contributed by atoms with Gasteiger partial charge in [0.2, 0.25) is 0 Å². The third kappa shape index (κ3) is 2.54. The molecule has 3 N–H and O–H groups in total. The Morgan fingerprint density at radius 3 is 2.90 bits per heavy atom. The molecule has 2 unspecified atom stereocenters. The summed E-state index contributed by atoms with van der Waals surface area (Å²) in [6.07, 6.45) is 4.41. The van der Waals surface area contributed by atoms with Gasteiger partial charge in [-0.3, -0.25) is 16.3 Å². The zero-order valence-corrected chi connectivity index (χ0v) is 11.8. The van der Waals surface area contributed by atoms with E-state index in [-0.39, 0.29) is 12.1 Å². The van der Waals surface area contributed by atoms with Crippen molar-refractivity contribution in [2.24, 2.45) is 11.8 Å². The summed E-state index contributed by atoms with van der Waals surface area (Å²) in [4.78, 5) is 4.41. The van der Waals surface area contributed by atoms with Gasteiger partial charge in [0.15, 0.2) is 0 Å². The first-order valence-corrected chi connectivity index (χ1v) is 7.26. The maximum atomic E-state index is 5.96. The van der Waals surface area contributed by atoms with Gasteiger partial charge >= 0.3 is 0 Å². The molecule has 0 bridgehead atoms. The van der Waals surface area contributed by atoms with E-state index in [1.807, 2.05) is 31.3 Å². The molecule has 0 amide bonds. The van der Waals surface area contributed by atoms with Crippen molar-refractivity contribution < 1.29 is 4.74 Å². The second kappa shape index (κ2) is 5.87. The summed E-state index contributed by atoms with van der Waals surface area (Å²) in [5.74, 6) is 6.46. The fourth-order valence-electron chi connectivity index (χ4n) is 2.88. The van der Waals surface area contributed by atoms with E-state index < -0.39 is 0 Å². The van der Waals surface area contributed by atoms with Crippen LogP contribution in [0.1, 0.15) is 31.4 Å². The van der Waals surface area contributed by atoms with E-state index in [0.717, 1.165) is 10.9 Å². The topological polar surface area (TPSA) is 60.2 Å². The summed E-state index contributed by atoms with van der Waals surface area (Å²) in [5.41, 5.74) is 5.13. The van der Waals surface area contributed by atoms with Crippen LogP contribution >= 0.6 is 0 Å². The Hall–Kier alpha value is -1.49. The lowest BCUT2D eigenvalue weighted by molar-refractivity contribution is 0.0189. The molecular formula is C16H21N3O. The van der Waals surface area contributed by atoms with Gasteiger partial charge in [-0.05, 0) is 43.4 Å². The van der Waals surface area contributed by atoms with Gasteiger partial charge in [-0.2, -0.15) is 0 Å². The first-order valence-electron chi connectivity index (χ1n) is 7.26. The lowest BCUT2D eigenvalue weighted by Gasteiger charge is -2.27. The maximum absolute atomic E-state index is 5.96. The lowest BCUT2D eigenvalue weighted by Crippen LogP contribution is -2.39. The molecule has 4 heteroatoms. The van der Waals surface area contributed by atoms with Crippen LogP contribution in [0.4, 0.5) is 0 Å². The number of nitrogens with two attached hydrogens (primary N) is 1. The molecule has 3 rings (SSSR count). The first-order chi connectivity index (χ1) is 9.85. The first kappa shape index (κ1) is 13.5. The molecule has 1 aliphatic rings. The molecule has 1 aromatic heterocycles. The molecular weight excluding hydrogens is 250 g/mol. The Kier molecular flexibility index (Phi) is 3.96. The predicted molar refractivity (Wildman–Crippen MR) is 79.9 cm³/mol. The van der Waals surface area contributed by atoms with Crippen molar-refractivity contribution in [1.29, 1.82) is 0 Å². The molecule has 2 atom stereocenters. The summed E-state index contributed by atoms with van der Waals surface area (Å²) in [7, 11) is 0. The number of hydrogen-bond acceptors (Lipinski definition) is 4. The fourth-order valence-corrected chi connectivity index (χ4v) is 2.88. The van der Waals surface area contributed by atoms with Crippen molar-refractivity contribution in [3.63, 3.8) is 0 Å². The molecule has 0 aliphatic heterocycles. The van der Waals surface area contributed by atoms with Gasteiger partial charge in [0.25, 0.3) is 0 Å². The van der Waals surface area contributed by atoms with Gasteiger partial charge in [0, 0.05) is 18.2 Å². The van der Waals surface area contributed by atoms with Crippen LogP contribution in [-0.4, -0.2) is 17.7 Å². The third-order valence-corrected chi connectivity index (χ3v) is 3.97. The van der Waals surface area contributed by atoms with Crippen molar-refractivity contribution in [3.8, 4) is 0 Å².